The van der Waals surface area contributed by atoms with E-state index in [9.17, 15) is 4.79 Å². The van der Waals surface area contributed by atoms with Crippen molar-refractivity contribution in [3.05, 3.63) is 12.7 Å². The molecule has 5 nitrogen and oxygen atoms in total. The molecule has 0 aromatic rings. The first-order valence-corrected chi connectivity index (χ1v) is 3.64. The van der Waals surface area contributed by atoms with E-state index in [-0.39, 0.29) is 18.8 Å². The van der Waals surface area contributed by atoms with Gasteiger partial charge in [-0.3, -0.25) is 5.84 Å². The number of hydrogen-bond donors (Lipinski definition) is 3. The van der Waals surface area contributed by atoms with E-state index in [4.69, 9.17) is 16.7 Å². The maximum Gasteiger partial charge on any atom is 0.340 e. The molecule has 0 bridgehead atoms. The van der Waals surface area contributed by atoms with E-state index >= 15 is 0 Å². The lowest BCUT2D eigenvalue weighted by molar-refractivity contribution is -0.151. The first kappa shape index (κ1) is 14.9. The molecular weight excluding hydrogens is 194 g/mol. The normalized spacial score (nSPS) is 14.5. The van der Waals surface area contributed by atoms with Gasteiger partial charge < -0.3 is 10.8 Å². The largest absolute Gasteiger partial charge is 0.479 e. The van der Waals surface area contributed by atoms with Crippen LogP contribution in [-0.2, 0) is 4.79 Å². The van der Waals surface area contributed by atoms with Gasteiger partial charge in [-0.1, -0.05) is 13.0 Å². The summed E-state index contributed by atoms with van der Waals surface area (Å²) in [7, 11) is 0. The van der Waals surface area contributed by atoms with Crippen molar-refractivity contribution in [3.8, 4) is 0 Å². The highest BCUT2D eigenvalue weighted by Crippen LogP contribution is 2.10. The smallest absolute Gasteiger partial charge is 0.340 e. The Morgan fingerprint density at radius 3 is 2.46 bits per heavy atom. The van der Waals surface area contributed by atoms with Gasteiger partial charge in [0.1, 0.15) is 0 Å². The molecule has 0 aliphatic rings. The van der Waals surface area contributed by atoms with Crippen LogP contribution in [-0.4, -0.2) is 28.3 Å². The number of carbonyl (C=O) groups is 1. The minimum absolute atomic E-state index is 0. The average Bonchev–Trinajstić information content (AvgIpc) is 2.03. The lowest BCUT2D eigenvalue weighted by atomic mass is 10.1. The summed E-state index contributed by atoms with van der Waals surface area (Å²) in [5.74, 6) is 4.27. The zero-order valence-corrected chi connectivity index (χ0v) is 8.38. The molecular formula is C7H16ClN3O2. The lowest BCUT2D eigenvalue weighted by Crippen LogP contribution is -2.64. The summed E-state index contributed by atoms with van der Waals surface area (Å²) in [5, 5.41) is 9.85. The summed E-state index contributed by atoms with van der Waals surface area (Å²) < 4.78 is 0. The van der Waals surface area contributed by atoms with Crippen molar-refractivity contribution in [2.45, 2.75) is 19.0 Å². The highest BCUT2D eigenvalue weighted by molar-refractivity contribution is 5.85. The topological polar surface area (TPSA) is 92.6 Å². The molecule has 13 heavy (non-hydrogen) atoms. The van der Waals surface area contributed by atoms with Crippen molar-refractivity contribution >= 4 is 18.4 Å². The third-order valence-corrected chi connectivity index (χ3v) is 1.68. The number of carboxylic acids is 1. The Bertz CT molecular complexity index is 189. The van der Waals surface area contributed by atoms with Crippen molar-refractivity contribution in [1.29, 1.82) is 0 Å². The van der Waals surface area contributed by atoms with Gasteiger partial charge in [-0.05, 0) is 0 Å². The average molecular weight is 210 g/mol. The van der Waals surface area contributed by atoms with Crippen LogP contribution < -0.4 is 11.6 Å². The van der Waals surface area contributed by atoms with Gasteiger partial charge in [-0.15, -0.1) is 19.0 Å². The van der Waals surface area contributed by atoms with E-state index in [1.807, 2.05) is 0 Å². The molecule has 6 heteroatoms. The van der Waals surface area contributed by atoms with Gasteiger partial charge in [0.25, 0.3) is 0 Å². The fraction of sp³-hybridized carbons (Fsp3) is 0.571. The van der Waals surface area contributed by atoms with Gasteiger partial charge in [-0.25, -0.2) is 9.80 Å². The maximum absolute atomic E-state index is 10.7. The van der Waals surface area contributed by atoms with Crippen LogP contribution in [0.25, 0.3) is 0 Å². The molecule has 0 radical (unpaired) electrons. The molecule has 0 spiro atoms. The molecule has 1 unspecified atom stereocenters. The van der Waals surface area contributed by atoms with Crippen molar-refractivity contribution < 1.29 is 9.90 Å². The summed E-state index contributed by atoms with van der Waals surface area (Å²) in [5.41, 5.74) is 4.00. The van der Waals surface area contributed by atoms with Crippen molar-refractivity contribution in [1.82, 2.24) is 5.01 Å². The van der Waals surface area contributed by atoms with E-state index in [2.05, 4.69) is 6.58 Å². The van der Waals surface area contributed by atoms with Crippen LogP contribution in [0, 0.1) is 0 Å². The van der Waals surface area contributed by atoms with E-state index in [1.165, 1.54) is 6.08 Å². The summed E-state index contributed by atoms with van der Waals surface area (Å²) >= 11 is 0. The van der Waals surface area contributed by atoms with Crippen LogP contribution in [0.15, 0.2) is 12.7 Å². The standard InChI is InChI=1S/C7H15N3O2.ClH/c1-3-5-7(8,6(11)12)10(9)4-2;/h3H,1,4-5,8-9H2,2H3,(H,11,12);1H. The molecule has 78 valence electrons. The van der Waals surface area contributed by atoms with Crippen molar-refractivity contribution in [2.75, 3.05) is 6.54 Å². The summed E-state index contributed by atoms with van der Waals surface area (Å²) in [6.45, 7) is 5.52. The predicted octanol–water partition coefficient (Wildman–Crippen LogP) is -0.0805. The highest BCUT2D eigenvalue weighted by atomic mass is 35.5. The van der Waals surface area contributed by atoms with E-state index in [0.717, 1.165) is 5.01 Å². The fourth-order valence-corrected chi connectivity index (χ4v) is 0.830. The van der Waals surface area contributed by atoms with Gasteiger partial charge in [0.05, 0.1) is 0 Å². The minimum Gasteiger partial charge on any atom is -0.479 e. The lowest BCUT2D eigenvalue weighted by Gasteiger charge is -2.32. The molecule has 0 aliphatic carbocycles. The van der Waals surface area contributed by atoms with Gasteiger partial charge in [-0.2, -0.15) is 0 Å². The molecule has 0 heterocycles. The number of likely N-dealkylation sites (N-methyl/N-ethyl adjacent to an activating group) is 1. The van der Waals surface area contributed by atoms with Crippen molar-refractivity contribution in [2.24, 2.45) is 11.6 Å². The zero-order valence-electron chi connectivity index (χ0n) is 7.56. The number of nitrogens with zero attached hydrogens (tertiary/aromatic N) is 1. The van der Waals surface area contributed by atoms with E-state index < -0.39 is 11.6 Å². The second kappa shape index (κ2) is 5.93. The van der Waals surface area contributed by atoms with Gasteiger partial charge in [0.2, 0.25) is 0 Å². The second-order valence-corrected chi connectivity index (χ2v) is 2.51. The Hall–Kier alpha value is -0.620. The molecule has 0 aromatic heterocycles. The Kier molecular flexibility index (Phi) is 6.79. The summed E-state index contributed by atoms with van der Waals surface area (Å²) in [4.78, 5) is 10.7. The molecule has 0 aromatic carbocycles. The SMILES string of the molecule is C=CCC(N)(C(=O)O)N(N)CC.Cl. The first-order valence-electron chi connectivity index (χ1n) is 3.64. The molecule has 1 atom stereocenters. The first-order chi connectivity index (χ1) is 5.49. The van der Waals surface area contributed by atoms with E-state index in [0.29, 0.717) is 6.54 Å². The highest BCUT2D eigenvalue weighted by Gasteiger charge is 2.36. The monoisotopic (exact) mass is 209 g/mol. The Morgan fingerprint density at radius 1 is 1.77 bits per heavy atom. The van der Waals surface area contributed by atoms with Gasteiger partial charge in [0.15, 0.2) is 5.66 Å². The summed E-state index contributed by atoms with van der Waals surface area (Å²) in [6.07, 6.45) is 1.55. The van der Waals surface area contributed by atoms with Crippen LogP contribution in [0.2, 0.25) is 0 Å². The van der Waals surface area contributed by atoms with Crippen LogP contribution in [0.1, 0.15) is 13.3 Å². The Balaban J connectivity index is 0. The van der Waals surface area contributed by atoms with E-state index in [1.54, 1.807) is 6.92 Å². The second-order valence-electron chi connectivity index (χ2n) is 2.51. The molecule has 0 saturated carbocycles. The minimum atomic E-state index is -1.53. The van der Waals surface area contributed by atoms with Gasteiger partial charge in [0, 0.05) is 13.0 Å². The number of hydrazine groups is 1. The van der Waals surface area contributed by atoms with Crippen LogP contribution in [0.5, 0.6) is 0 Å². The molecule has 0 aliphatic heterocycles. The van der Waals surface area contributed by atoms with Crippen molar-refractivity contribution in [3.63, 3.8) is 0 Å². The molecule has 0 fully saturated rings. The molecule has 5 N–H and O–H groups in total. The number of aliphatic carboxylic acids is 1. The van der Waals surface area contributed by atoms with Crippen LogP contribution in [0.3, 0.4) is 0 Å². The zero-order chi connectivity index (χ0) is 9.78. The third kappa shape index (κ3) is 3.31. The number of nitrogens with two attached hydrogens (primary N) is 2. The molecule has 0 amide bonds. The maximum atomic E-state index is 10.7. The Morgan fingerprint density at radius 2 is 2.23 bits per heavy atom. The van der Waals surface area contributed by atoms with Crippen LogP contribution in [0.4, 0.5) is 0 Å². The quantitative estimate of drug-likeness (QED) is 0.255. The predicted molar refractivity (Wildman–Crippen MR) is 53.2 cm³/mol. The van der Waals surface area contributed by atoms with Gasteiger partial charge >= 0.3 is 5.97 Å². The number of rotatable bonds is 5. The van der Waals surface area contributed by atoms with Crippen LogP contribution >= 0.6 is 12.4 Å². The fourth-order valence-electron chi connectivity index (χ4n) is 0.830. The molecule has 0 saturated heterocycles. The Labute approximate surface area is 83.8 Å². The number of carboxylic acid groups (broad SMARTS) is 1. The molecule has 0 rings (SSSR count). The third-order valence-electron chi connectivity index (χ3n) is 1.68. The number of halogens is 1. The number of hydrogen-bond acceptors (Lipinski definition) is 4. The summed E-state index contributed by atoms with van der Waals surface area (Å²) in [6, 6.07) is 0.